The summed E-state index contributed by atoms with van der Waals surface area (Å²) in [6.07, 6.45) is 4.59. The third-order valence-corrected chi connectivity index (χ3v) is 11.5. The first-order chi connectivity index (χ1) is 35.4. The summed E-state index contributed by atoms with van der Waals surface area (Å²) < 4.78 is 13.5. The van der Waals surface area contributed by atoms with Crippen molar-refractivity contribution in [2.24, 2.45) is 4.99 Å². The molecular weight excluding hydrogens is 1180 g/mol. The predicted octanol–water partition coefficient (Wildman–Crippen LogP) is 17.3. The van der Waals surface area contributed by atoms with Gasteiger partial charge in [0.2, 0.25) is 16.3 Å². The Balaban J connectivity index is 0.000000291. The highest BCUT2D eigenvalue weighted by atomic mass is 79.9. The number of benzene rings is 5. The maximum Gasteiger partial charge on any atom is 0.435 e. The molecule has 10 aromatic rings. The van der Waals surface area contributed by atoms with Crippen LogP contribution in [0.1, 0.15) is 90.1 Å². The zero-order valence-corrected chi connectivity index (χ0v) is 43.8. The van der Waals surface area contributed by atoms with Gasteiger partial charge in [-0.1, -0.05) is 99.3 Å². The van der Waals surface area contributed by atoms with Crippen molar-refractivity contribution in [3.05, 3.63) is 182 Å². The quantitative estimate of drug-likeness (QED) is 0.0774. The summed E-state index contributed by atoms with van der Waals surface area (Å²) in [7, 11) is 0. The van der Waals surface area contributed by atoms with Crippen molar-refractivity contribution in [3.8, 4) is 0 Å². The lowest BCUT2D eigenvalue weighted by molar-refractivity contribution is 0.0521. The lowest BCUT2D eigenvalue weighted by Gasteiger charge is -2.19. The van der Waals surface area contributed by atoms with E-state index in [0.29, 0.717) is 28.6 Å². The molecule has 6 heterocycles. The molecule has 79 heavy (non-hydrogen) atoms. The van der Waals surface area contributed by atoms with Gasteiger partial charge in [0, 0.05) is 66.2 Å². The number of rotatable bonds is 8. The van der Waals surface area contributed by atoms with Gasteiger partial charge in [-0.05, 0) is 146 Å². The van der Waals surface area contributed by atoms with Crippen LogP contribution in [0.2, 0.25) is 10.6 Å². The Labute approximate surface area is 485 Å². The largest absolute Gasteiger partial charge is 0.477 e. The van der Waals surface area contributed by atoms with Crippen molar-refractivity contribution in [2.75, 3.05) is 16.0 Å². The number of fused-ring (bicyclic) bond motifs is 4. The number of aliphatic imine (C=N–C) groups is 1. The van der Waals surface area contributed by atoms with Crippen LogP contribution in [0.25, 0.3) is 32.8 Å². The van der Waals surface area contributed by atoms with Crippen LogP contribution < -0.4 is 16.0 Å². The van der Waals surface area contributed by atoms with E-state index in [1.807, 2.05) is 106 Å². The molecule has 5 aromatic carbocycles. The number of para-hydroxylation sites is 1. The molecule has 0 spiro atoms. The van der Waals surface area contributed by atoms with Gasteiger partial charge in [0.1, 0.15) is 34.3 Å². The number of carboxylic acids is 2. The van der Waals surface area contributed by atoms with E-state index in [-0.39, 0.29) is 59.2 Å². The summed E-state index contributed by atoms with van der Waals surface area (Å²) in [4.78, 5) is 56.9. The molecule has 0 saturated heterocycles. The number of halogens is 4. The van der Waals surface area contributed by atoms with Crippen molar-refractivity contribution in [1.29, 1.82) is 0 Å². The molecule has 0 unspecified atom stereocenters. The highest BCUT2D eigenvalue weighted by Gasteiger charge is 2.20. The molecule has 0 atom stereocenters. The summed E-state index contributed by atoms with van der Waals surface area (Å²) in [6.45, 7) is 6.21. The zero-order valence-electron chi connectivity index (χ0n) is 39.1. The molecule has 1 aliphatic heterocycles. The number of carboxylic acid groups (broad SMARTS) is 2. The highest BCUT2D eigenvalue weighted by Crippen LogP contribution is 2.27. The highest BCUT2D eigenvalue weighted by molar-refractivity contribution is 9.10. The fourth-order valence-electron chi connectivity index (χ4n) is 6.98. The first-order valence-corrected chi connectivity index (χ1v) is 24.4. The number of aromatic carboxylic acids is 2. The first-order valence-electron chi connectivity index (χ1n) is 22.1. The lowest BCUT2D eigenvalue weighted by Crippen LogP contribution is -2.27. The minimum absolute atomic E-state index is 0. The first kappa shape index (κ1) is 65.1. The fourth-order valence-corrected chi connectivity index (χ4v) is 8.01. The topological polar surface area (TPSA) is 248 Å². The van der Waals surface area contributed by atoms with Crippen LogP contribution in [0.5, 0.6) is 0 Å². The number of hydrogen-bond acceptors (Lipinski definition) is 14. The predicted molar refractivity (Wildman–Crippen MR) is 327 cm³/mol. The van der Waals surface area contributed by atoms with Gasteiger partial charge in [-0.15, -0.1) is 0 Å². The summed E-state index contributed by atoms with van der Waals surface area (Å²) in [6, 6.07) is 38.9. The molecule has 414 valence electrons. The van der Waals surface area contributed by atoms with Gasteiger partial charge >= 0.3 is 18.0 Å². The molecule has 22 heteroatoms. The molecule has 5 aromatic heterocycles. The number of carbonyl (C=O) groups excluding carboxylic acids is 1. The summed E-state index contributed by atoms with van der Waals surface area (Å²) >= 11 is 18.4. The normalized spacial score (nSPS) is 10.6. The number of aromatic nitrogens is 7. The molecule has 0 saturated carbocycles. The monoisotopic (exact) mass is 1240 g/mol. The number of aromatic amines is 1. The summed E-state index contributed by atoms with van der Waals surface area (Å²) in [5.74, 6) is -0.252. The number of ether oxygens (including phenoxy) is 1. The van der Waals surface area contributed by atoms with Gasteiger partial charge in [0.15, 0.2) is 0 Å². The molecule has 6 N–H and O–H groups in total. The molecule has 0 radical (unpaired) electrons. The van der Waals surface area contributed by atoms with E-state index in [0.717, 1.165) is 59.8 Å². The zero-order chi connectivity index (χ0) is 52.5. The fraction of sp³-hybridized carbons (Fsp3) is 0.175. The molecule has 1 aliphatic rings. The Morgan fingerprint density at radius 3 is 1.97 bits per heavy atom. The molecule has 0 aliphatic carbocycles. The third-order valence-electron chi connectivity index (χ3n) is 10.2. The van der Waals surface area contributed by atoms with Gasteiger partial charge in [-0.25, -0.2) is 34.3 Å². The van der Waals surface area contributed by atoms with Crippen molar-refractivity contribution < 1.29 is 33.8 Å². The number of furan rings is 1. The number of carbonyl (C=O) groups is 3. The van der Waals surface area contributed by atoms with Crippen molar-refractivity contribution >= 4 is 147 Å². The second kappa shape index (κ2) is 29.0. The van der Waals surface area contributed by atoms with Crippen LogP contribution in [0.15, 0.2) is 158 Å². The minimum Gasteiger partial charge on any atom is -0.477 e. The Morgan fingerprint density at radius 1 is 0.671 bits per heavy atom. The Morgan fingerprint density at radius 2 is 1.30 bits per heavy atom. The van der Waals surface area contributed by atoms with Crippen molar-refractivity contribution in [3.63, 3.8) is 0 Å². The lowest BCUT2D eigenvalue weighted by atomic mass is 10.1. The molecule has 18 nitrogen and oxygen atoms in total. The van der Waals surface area contributed by atoms with Gasteiger partial charge in [0.25, 0.3) is 0 Å². The molecular formula is C57H61Br2Cl2N11O7. The van der Waals surface area contributed by atoms with E-state index in [2.05, 4.69) is 88.9 Å². The SMILES string of the molecule is C.C.C.C.C.CC(C)(C)OC(=O)n1ncc2cc(Nc3cc(Nc4ccccc4)nc(Cl)n3)ccc21.Clc1nccc(Nc2ccc3c(c2)C=NC3)n1.O=C(O)c1cc2ccc(Br)cc2[nH]1.O=C(O)c1cc2ccc(Br)cc2o1. The maximum atomic E-state index is 12.4. The van der Waals surface area contributed by atoms with E-state index < -0.39 is 23.6 Å². The summed E-state index contributed by atoms with van der Waals surface area (Å²) in [5.41, 5.74) is 6.67. The average Bonchev–Trinajstić information content (AvgIpc) is 4.18. The molecule has 0 bridgehead atoms. The van der Waals surface area contributed by atoms with E-state index in [9.17, 15) is 14.4 Å². The minimum atomic E-state index is -1.05. The molecule has 0 fully saturated rings. The van der Waals surface area contributed by atoms with Crippen molar-refractivity contribution in [1.82, 2.24) is 34.7 Å². The van der Waals surface area contributed by atoms with E-state index in [1.54, 1.807) is 48.8 Å². The van der Waals surface area contributed by atoms with Gasteiger partial charge in [-0.3, -0.25) is 4.99 Å². The van der Waals surface area contributed by atoms with E-state index >= 15 is 0 Å². The van der Waals surface area contributed by atoms with E-state index in [1.165, 1.54) is 16.3 Å². The average molecular weight is 1240 g/mol. The Hall–Kier alpha value is -8.17. The van der Waals surface area contributed by atoms with Crippen LogP contribution in [0.4, 0.5) is 39.3 Å². The van der Waals surface area contributed by atoms with E-state index in [4.69, 9.17) is 42.6 Å². The number of anilines is 6. The summed E-state index contributed by atoms with van der Waals surface area (Å²) in [5, 5.41) is 33.9. The second-order valence-electron chi connectivity index (χ2n) is 16.9. The number of nitrogens with one attached hydrogen (secondary N) is 4. The van der Waals surface area contributed by atoms with Crippen molar-refractivity contribution in [2.45, 2.75) is 70.1 Å². The smallest absolute Gasteiger partial charge is 0.435 e. The van der Waals surface area contributed by atoms with Crippen LogP contribution in [-0.2, 0) is 11.3 Å². The van der Waals surface area contributed by atoms with Crippen LogP contribution in [0.3, 0.4) is 0 Å². The van der Waals surface area contributed by atoms with Gasteiger partial charge < -0.3 is 40.3 Å². The molecule has 0 amide bonds. The van der Waals surface area contributed by atoms with Gasteiger partial charge in [-0.2, -0.15) is 9.78 Å². The van der Waals surface area contributed by atoms with Crippen LogP contribution in [-0.4, -0.2) is 74.8 Å². The third kappa shape index (κ3) is 17.9. The number of hydrogen-bond donors (Lipinski definition) is 6. The maximum absolute atomic E-state index is 12.4. The number of H-pyrrole nitrogens is 1. The number of nitrogens with zero attached hydrogens (tertiary/aromatic N) is 7. The second-order valence-corrected chi connectivity index (χ2v) is 19.4. The Bertz CT molecular complexity index is 3620. The standard InChI is InChI=1S/C22H21ClN6O2.C12H9ClN4.C9H6BrNO2.C9H5BrO3.5CH4/c1-22(2,3)31-21(30)29-17-10-9-16(11-14(17)13-24-29)26-19-12-18(27-20(23)28-19)25-15-7-5-4-6-8-15;13-12-15-4-3-11(17-12)16-10-2-1-8-6-14-7-9(8)5-10;10-6-2-1-5-3-8(9(12)13)11-7(5)4-6;10-6-2-1-5-3-8(9(11)12)13-7(5)4-6;;;;;/h4-13H,1-3H3,(H2,25,26,27,28);1-5,7H,6H2,(H,15,16,17);1-4,11H,(H,12,13);1-4H,(H,11,12);5*1H4. The molecule has 11 rings (SSSR count). The van der Waals surface area contributed by atoms with Gasteiger partial charge in [0.05, 0.1) is 18.3 Å². The Kier molecular flexibility index (Phi) is 23.9. The van der Waals surface area contributed by atoms with Crippen LogP contribution in [0, 0.1) is 0 Å². The van der Waals surface area contributed by atoms with Crippen LogP contribution >= 0.6 is 55.1 Å².